The number of rotatable bonds is 6. The maximum Gasteiger partial charge on any atom is 0.308 e. The number of carboxylic acids is 1. The van der Waals surface area contributed by atoms with Gasteiger partial charge in [0.25, 0.3) is 0 Å². The third-order valence-corrected chi connectivity index (χ3v) is 7.86. The van der Waals surface area contributed by atoms with Crippen molar-refractivity contribution in [2.45, 2.75) is 38.3 Å². The van der Waals surface area contributed by atoms with Gasteiger partial charge in [0.05, 0.1) is 29.6 Å². The van der Waals surface area contributed by atoms with Crippen molar-refractivity contribution in [1.29, 1.82) is 5.26 Å². The van der Waals surface area contributed by atoms with Crippen molar-refractivity contribution in [3.05, 3.63) is 71.4 Å². The highest BCUT2D eigenvalue weighted by Crippen LogP contribution is 2.46. The van der Waals surface area contributed by atoms with Crippen molar-refractivity contribution in [2.24, 2.45) is 17.8 Å². The summed E-state index contributed by atoms with van der Waals surface area (Å²) in [7, 11) is 0. The molecule has 3 aromatic heterocycles. The van der Waals surface area contributed by atoms with Crippen LogP contribution < -0.4 is 5.32 Å². The molecule has 4 aromatic rings. The predicted molar refractivity (Wildman–Crippen MR) is 135 cm³/mol. The van der Waals surface area contributed by atoms with Crippen LogP contribution in [0.3, 0.4) is 0 Å². The van der Waals surface area contributed by atoms with Gasteiger partial charge in [-0.25, -0.2) is 23.4 Å². The van der Waals surface area contributed by atoms with Gasteiger partial charge >= 0.3 is 5.97 Å². The number of pyridine rings is 2. The van der Waals surface area contributed by atoms with Gasteiger partial charge < -0.3 is 10.4 Å². The first-order chi connectivity index (χ1) is 18.4. The monoisotopic (exact) mass is 514 g/mol. The molecule has 3 saturated carbocycles. The number of hydrogen-bond donors (Lipinski definition) is 2. The van der Waals surface area contributed by atoms with Crippen LogP contribution in [0.1, 0.15) is 36.8 Å². The summed E-state index contributed by atoms with van der Waals surface area (Å²) in [4.78, 5) is 20.8. The standard InChI is InChI=1S/C28H24F2N6O2/c29-19-11-20-25(35-36(27(20)32-13-19)14-15-4-2-1-3-5-15)24-18(12-31)10-21(30)26(34-24)33-23-17-8-6-16(7-9-17)22(23)28(37)38/h1-5,10-11,13,16-17,22-23H,6-9,14H2,(H,33,34)(H,37,38)/t16?,17?,22-,23?/m0/s1. The molecule has 0 spiro atoms. The minimum atomic E-state index is -0.904. The van der Waals surface area contributed by atoms with Crippen LogP contribution in [-0.2, 0) is 11.3 Å². The number of carboxylic acid groups (broad SMARTS) is 1. The van der Waals surface area contributed by atoms with Gasteiger partial charge in [0.2, 0.25) is 0 Å². The molecule has 2 atom stereocenters. The van der Waals surface area contributed by atoms with Crippen molar-refractivity contribution in [3.63, 3.8) is 0 Å². The summed E-state index contributed by atoms with van der Waals surface area (Å²) in [5.74, 6) is -2.91. The van der Waals surface area contributed by atoms with Crippen molar-refractivity contribution < 1.29 is 18.7 Å². The molecule has 3 aliphatic rings. The van der Waals surface area contributed by atoms with Gasteiger partial charge in [-0.15, -0.1) is 0 Å². The smallest absolute Gasteiger partial charge is 0.308 e. The van der Waals surface area contributed by atoms with E-state index in [9.17, 15) is 19.6 Å². The normalized spacial score (nSPS) is 22.3. The Morgan fingerprint density at radius 2 is 1.84 bits per heavy atom. The second-order valence-corrected chi connectivity index (χ2v) is 10.1. The number of halogens is 2. The lowest BCUT2D eigenvalue weighted by atomic mass is 9.61. The number of fused-ring (bicyclic) bond motifs is 4. The third kappa shape index (κ3) is 4.14. The second-order valence-electron chi connectivity index (χ2n) is 10.1. The molecule has 0 saturated heterocycles. The Morgan fingerprint density at radius 3 is 2.55 bits per heavy atom. The molecule has 38 heavy (non-hydrogen) atoms. The zero-order valence-electron chi connectivity index (χ0n) is 20.3. The van der Waals surface area contributed by atoms with Crippen molar-refractivity contribution in [2.75, 3.05) is 5.32 Å². The fraction of sp³-hybridized carbons (Fsp3) is 0.321. The molecule has 0 radical (unpaired) electrons. The molecule has 3 aliphatic carbocycles. The Balaban J connectivity index is 1.45. The summed E-state index contributed by atoms with van der Waals surface area (Å²) in [5, 5.41) is 27.8. The van der Waals surface area contributed by atoms with Gasteiger partial charge in [0.1, 0.15) is 23.3 Å². The topological polar surface area (TPSA) is 117 Å². The Labute approximate surface area is 217 Å². The average molecular weight is 515 g/mol. The minimum Gasteiger partial charge on any atom is -0.481 e. The first-order valence-electron chi connectivity index (χ1n) is 12.6. The number of aliphatic carboxylic acids is 1. The van der Waals surface area contributed by atoms with Gasteiger partial charge in [-0.2, -0.15) is 10.4 Å². The number of nitriles is 1. The fourth-order valence-corrected chi connectivity index (χ4v) is 6.10. The Morgan fingerprint density at radius 1 is 1.11 bits per heavy atom. The highest BCUT2D eigenvalue weighted by Gasteiger charge is 2.47. The number of aromatic nitrogens is 4. The minimum absolute atomic E-state index is 0.0302. The molecular weight excluding hydrogens is 490 g/mol. The van der Waals surface area contributed by atoms with Gasteiger partial charge in [0.15, 0.2) is 17.3 Å². The first kappa shape index (κ1) is 24.0. The highest BCUT2D eigenvalue weighted by molar-refractivity contribution is 5.92. The van der Waals surface area contributed by atoms with E-state index in [4.69, 9.17) is 0 Å². The van der Waals surface area contributed by atoms with E-state index in [2.05, 4.69) is 20.4 Å². The third-order valence-electron chi connectivity index (χ3n) is 7.86. The van der Waals surface area contributed by atoms with E-state index in [1.165, 1.54) is 6.07 Å². The molecule has 10 heteroatoms. The lowest BCUT2D eigenvalue weighted by molar-refractivity contribution is -0.148. The molecule has 1 unspecified atom stereocenters. The van der Waals surface area contributed by atoms with Crippen LogP contribution in [0.15, 0.2) is 48.7 Å². The summed E-state index contributed by atoms with van der Waals surface area (Å²) in [6.45, 7) is 0.343. The van der Waals surface area contributed by atoms with E-state index in [0.29, 0.717) is 17.6 Å². The zero-order chi connectivity index (χ0) is 26.4. The number of benzene rings is 1. The molecular formula is C28H24F2N6O2. The number of nitrogens with one attached hydrogen (secondary N) is 1. The van der Waals surface area contributed by atoms with E-state index in [1.807, 2.05) is 36.4 Å². The van der Waals surface area contributed by atoms with E-state index in [0.717, 1.165) is 43.5 Å². The van der Waals surface area contributed by atoms with E-state index in [-0.39, 0.29) is 34.6 Å². The van der Waals surface area contributed by atoms with Crippen LogP contribution in [0.25, 0.3) is 22.4 Å². The quantitative estimate of drug-likeness (QED) is 0.372. The van der Waals surface area contributed by atoms with Crippen molar-refractivity contribution in [3.8, 4) is 17.5 Å². The van der Waals surface area contributed by atoms with Crippen LogP contribution in [0.4, 0.5) is 14.6 Å². The largest absolute Gasteiger partial charge is 0.481 e. The number of nitrogens with zero attached hydrogens (tertiary/aromatic N) is 5. The second kappa shape index (κ2) is 9.49. The molecule has 3 heterocycles. The molecule has 0 amide bonds. The highest BCUT2D eigenvalue weighted by atomic mass is 19.1. The van der Waals surface area contributed by atoms with Gasteiger partial charge in [-0.3, -0.25) is 4.79 Å². The first-order valence-corrected chi connectivity index (χ1v) is 12.6. The maximum absolute atomic E-state index is 15.2. The fourth-order valence-electron chi connectivity index (χ4n) is 6.10. The molecule has 1 aromatic carbocycles. The van der Waals surface area contributed by atoms with Crippen LogP contribution in [0, 0.1) is 40.7 Å². The van der Waals surface area contributed by atoms with Crippen LogP contribution in [0.2, 0.25) is 0 Å². The summed E-state index contributed by atoms with van der Waals surface area (Å²) in [6, 6.07) is 13.4. The van der Waals surface area contributed by atoms with Gasteiger partial charge in [-0.05, 0) is 55.2 Å². The van der Waals surface area contributed by atoms with Gasteiger partial charge in [-0.1, -0.05) is 30.3 Å². The molecule has 0 aliphatic heterocycles. The van der Waals surface area contributed by atoms with E-state index < -0.39 is 29.6 Å². The van der Waals surface area contributed by atoms with Crippen molar-refractivity contribution >= 4 is 22.8 Å². The van der Waals surface area contributed by atoms with E-state index in [1.54, 1.807) is 4.68 Å². The lowest BCUT2D eigenvalue weighted by Gasteiger charge is -2.47. The number of carbonyl (C=O) groups is 1. The van der Waals surface area contributed by atoms with Crippen LogP contribution in [0.5, 0.6) is 0 Å². The molecule has 3 fully saturated rings. The summed E-state index contributed by atoms with van der Waals surface area (Å²) < 4.78 is 31.1. The summed E-state index contributed by atoms with van der Waals surface area (Å²) in [5.41, 5.74) is 1.54. The number of hydrogen-bond acceptors (Lipinski definition) is 6. The molecule has 7 rings (SSSR count). The SMILES string of the molecule is N#Cc1cc(F)c(NC2C3CCC(CC3)[C@@H]2C(=O)O)nc1-c1nn(Cc2ccccc2)c2ncc(F)cc12. The lowest BCUT2D eigenvalue weighted by Crippen LogP contribution is -2.51. The summed E-state index contributed by atoms with van der Waals surface area (Å²) in [6.07, 6.45) is 4.53. The Hall–Kier alpha value is -4.39. The molecule has 8 nitrogen and oxygen atoms in total. The Kier molecular flexibility index (Phi) is 5.98. The Bertz CT molecular complexity index is 1570. The zero-order valence-corrected chi connectivity index (χ0v) is 20.3. The van der Waals surface area contributed by atoms with Crippen LogP contribution in [-0.4, -0.2) is 36.9 Å². The molecule has 2 N–H and O–H groups in total. The average Bonchev–Trinajstić information content (AvgIpc) is 3.27. The van der Waals surface area contributed by atoms with Gasteiger partial charge in [0, 0.05) is 6.04 Å². The van der Waals surface area contributed by atoms with Crippen molar-refractivity contribution in [1.82, 2.24) is 19.7 Å². The van der Waals surface area contributed by atoms with Crippen LogP contribution >= 0.6 is 0 Å². The summed E-state index contributed by atoms with van der Waals surface area (Å²) >= 11 is 0. The molecule has 2 bridgehead atoms. The number of anilines is 1. The maximum atomic E-state index is 15.2. The molecule has 192 valence electrons. The van der Waals surface area contributed by atoms with E-state index >= 15 is 4.39 Å². The predicted octanol–water partition coefficient (Wildman–Crippen LogP) is 4.99.